The van der Waals surface area contributed by atoms with Crippen LogP contribution in [0.1, 0.15) is 11.1 Å². The van der Waals surface area contributed by atoms with Crippen molar-refractivity contribution < 1.29 is 26.1 Å². The molecule has 9 heteroatoms. The van der Waals surface area contributed by atoms with Crippen molar-refractivity contribution in [2.75, 3.05) is 0 Å². The molecule has 96 valence electrons. The molecular weight excluding hydrogens is 304 g/mol. The predicted octanol–water partition coefficient (Wildman–Crippen LogP) is 3.40. The lowest BCUT2D eigenvalue weighted by Crippen LogP contribution is -2.13. The molecule has 0 fully saturated rings. The maximum absolute atomic E-state index is 12.6. The first-order valence-electron chi connectivity index (χ1n) is 4.01. The monoisotopic (exact) mass is 308 g/mol. The Morgan fingerprint density at radius 3 is 2.06 bits per heavy atom. The zero-order valence-electron chi connectivity index (χ0n) is 7.92. The lowest BCUT2D eigenvalue weighted by molar-refractivity contribution is -0.138. The number of benzene rings is 1. The zero-order chi connectivity index (χ0) is 13.4. The van der Waals surface area contributed by atoms with Gasteiger partial charge in [-0.05, 0) is 12.1 Å². The average Bonchev–Trinajstić information content (AvgIpc) is 2.06. The summed E-state index contributed by atoms with van der Waals surface area (Å²) in [4.78, 5) is 0. The number of hydrogen-bond donors (Lipinski definition) is 1. The van der Waals surface area contributed by atoms with Crippen molar-refractivity contribution >= 4 is 33.3 Å². The quantitative estimate of drug-likeness (QED) is 0.852. The molecular formula is C8H5Cl2F3O3S. The van der Waals surface area contributed by atoms with Gasteiger partial charge in [-0.25, -0.2) is 0 Å². The van der Waals surface area contributed by atoms with E-state index in [1.807, 2.05) is 0 Å². The molecule has 17 heavy (non-hydrogen) atoms. The van der Waals surface area contributed by atoms with Crippen LogP contribution in [0.4, 0.5) is 13.2 Å². The molecule has 1 aromatic carbocycles. The second-order valence-corrected chi connectivity index (χ2v) is 5.37. The molecule has 0 unspecified atom stereocenters. The smallest absolute Gasteiger partial charge is 0.285 e. The van der Waals surface area contributed by atoms with Gasteiger partial charge >= 0.3 is 6.18 Å². The minimum Gasteiger partial charge on any atom is -0.285 e. The highest BCUT2D eigenvalue weighted by molar-refractivity contribution is 7.85. The Balaban J connectivity index is 3.52. The van der Waals surface area contributed by atoms with E-state index in [9.17, 15) is 21.6 Å². The van der Waals surface area contributed by atoms with Crippen LogP contribution in [0.5, 0.6) is 0 Å². The van der Waals surface area contributed by atoms with Gasteiger partial charge < -0.3 is 0 Å². The van der Waals surface area contributed by atoms with Gasteiger partial charge in [0.1, 0.15) is 5.75 Å². The first-order chi connectivity index (χ1) is 7.52. The van der Waals surface area contributed by atoms with Gasteiger partial charge in [0.25, 0.3) is 10.1 Å². The van der Waals surface area contributed by atoms with Crippen molar-refractivity contribution in [1.29, 1.82) is 0 Å². The fraction of sp³-hybridized carbons (Fsp3) is 0.250. The minimum atomic E-state index is -4.86. The van der Waals surface area contributed by atoms with E-state index in [4.69, 9.17) is 27.8 Å². The molecule has 0 aliphatic rings. The van der Waals surface area contributed by atoms with E-state index >= 15 is 0 Å². The Kier molecular flexibility index (Phi) is 3.97. The summed E-state index contributed by atoms with van der Waals surface area (Å²) in [5, 5.41) is -1.11. The van der Waals surface area contributed by atoms with E-state index in [1.54, 1.807) is 0 Å². The summed E-state index contributed by atoms with van der Waals surface area (Å²) in [5.74, 6) is -1.25. The van der Waals surface area contributed by atoms with Crippen LogP contribution in [0.15, 0.2) is 12.1 Å². The lowest BCUT2D eigenvalue weighted by Gasteiger charge is -2.14. The van der Waals surface area contributed by atoms with Crippen LogP contribution < -0.4 is 0 Å². The highest BCUT2D eigenvalue weighted by Crippen LogP contribution is 2.40. The molecule has 0 saturated heterocycles. The highest BCUT2D eigenvalue weighted by atomic mass is 35.5. The Labute approximate surface area is 105 Å². The average molecular weight is 309 g/mol. The second kappa shape index (κ2) is 4.64. The van der Waals surface area contributed by atoms with Crippen molar-refractivity contribution in [3.05, 3.63) is 33.3 Å². The third kappa shape index (κ3) is 3.74. The van der Waals surface area contributed by atoms with Crippen LogP contribution in [0.25, 0.3) is 0 Å². The van der Waals surface area contributed by atoms with Crippen LogP contribution in [0.3, 0.4) is 0 Å². The van der Waals surface area contributed by atoms with E-state index in [0.717, 1.165) is 12.1 Å². The van der Waals surface area contributed by atoms with Crippen LogP contribution in [0.2, 0.25) is 10.0 Å². The molecule has 0 spiro atoms. The molecule has 3 nitrogen and oxygen atoms in total. The third-order valence-corrected chi connectivity index (χ3v) is 3.14. The molecule has 0 aliphatic heterocycles. The summed E-state index contributed by atoms with van der Waals surface area (Å²) in [6, 6.07) is 1.93. The van der Waals surface area contributed by atoms with Gasteiger partial charge in [0.05, 0.1) is 10.6 Å². The first-order valence-corrected chi connectivity index (χ1v) is 6.38. The van der Waals surface area contributed by atoms with Gasteiger partial charge in [-0.2, -0.15) is 21.6 Å². The Bertz CT molecular complexity index is 540. The molecule has 0 radical (unpaired) electrons. The summed E-state index contributed by atoms with van der Waals surface area (Å²) >= 11 is 10.8. The van der Waals surface area contributed by atoms with E-state index in [2.05, 4.69) is 0 Å². The maximum atomic E-state index is 12.6. The van der Waals surface area contributed by atoms with Gasteiger partial charge in [-0.3, -0.25) is 4.55 Å². The van der Waals surface area contributed by atoms with E-state index in [0.29, 0.717) is 0 Å². The molecule has 1 aromatic rings. The molecule has 0 heterocycles. The number of alkyl halides is 3. The van der Waals surface area contributed by atoms with Crippen LogP contribution in [-0.2, 0) is 22.0 Å². The van der Waals surface area contributed by atoms with Gasteiger partial charge in [0.2, 0.25) is 0 Å². The standard InChI is InChI=1S/C8H5Cl2F3O3S/c9-5-1-2-6(10)7(8(11,12)13)4(5)3-17(14,15)16/h1-2H,3H2,(H,14,15,16). The Morgan fingerprint density at radius 2 is 1.65 bits per heavy atom. The largest absolute Gasteiger partial charge is 0.418 e. The van der Waals surface area contributed by atoms with Crippen molar-refractivity contribution in [3.8, 4) is 0 Å². The van der Waals surface area contributed by atoms with E-state index < -0.39 is 43.2 Å². The first kappa shape index (κ1) is 14.6. The predicted molar refractivity (Wildman–Crippen MR) is 56.7 cm³/mol. The number of hydrogen-bond acceptors (Lipinski definition) is 2. The minimum absolute atomic E-state index is 0.431. The van der Waals surface area contributed by atoms with Crippen molar-refractivity contribution in [2.24, 2.45) is 0 Å². The summed E-state index contributed by atoms with van der Waals surface area (Å²) in [7, 11) is -4.64. The molecule has 0 bridgehead atoms. The van der Waals surface area contributed by atoms with E-state index in [1.165, 1.54) is 0 Å². The van der Waals surface area contributed by atoms with Crippen molar-refractivity contribution in [3.63, 3.8) is 0 Å². The zero-order valence-corrected chi connectivity index (χ0v) is 10.3. The van der Waals surface area contributed by atoms with Crippen LogP contribution in [0, 0.1) is 0 Å². The summed E-state index contributed by atoms with van der Waals surface area (Å²) < 4.78 is 67.8. The Morgan fingerprint density at radius 1 is 1.18 bits per heavy atom. The topological polar surface area (TPSA) is 54.4 Å². The van der Waals surface area contributed by atoms with Crippen LogP contribution >= 0.6 is 23.2 Å². The highest BCUT2D eigenvalue weighted by Gasteiger charge is 2.37. The molecule has 0 aromatic heterocycles. The maximum Gasteiger partial charge on any atom is 0.418 e. The van der Waals surface area contributed by atoms with E-state index in [-0.39, 0.29) is 0 Å². The van der Waals surface area contributed by atoms with Gasteiger partial charge in [0, 0.05) is 10.6 Å². The van der Waals surface area contributed by atoms with Gasteiger partial charge in [-0.15, -0.1) is 0 Å². The summed E-state index contributed by atoms with van der Waals surface area (Å²) in [6.07, 6.45) is -4.86. The fourth-order valence-corrected chi connectivity index (χ4v) is 2.48. The molecule has 0 saturated carbocycles. The SMILES string of the molecule is O=S(=O)(O)Cc1c(Cl)ccc(Cl)c1C(F)(F)F. The Hall–Kier alpha value is -0.500. The van der Waals surface area contributed by atoms with Crippen molar-refractivity contribution in [2.45, 2.75) is 11.9 Å². The molecule has 0 atom stereocenters. The van der Waals surface area contributed by atoms with Crippen LogP contribution in [-0.4, -0.2) is 13.0 Å². The molecule has 0 amide bonds. The number of halogens is 5. The summed E-state index contributed by atoms with van der Waals surface area (Å²) in [6.45, 7) is 0. The second-order valence-electron chi connectivity index (χ2n) is 3.11. The van der Waals surface area contributed by atoms with Gasteiger partial charge in [0.15, 0.2) is 0 Å². The molecule has 1 N–H and O–H groups in total. The molecule has 1 rings (SSSR count). The number of rotatable bonds is 2. The lowest BCUT2D eigenvalue weighted by atomic mass is 10.1. The summed E-state index contributed by atoms with van der Waals surface area (Å²) in [5.41, 5.74) is -2.13. The molecule has 0 aliphatic carbocycles. The van der Waals surface area contributed by atoms with Crippen molar-refractivity contribution in [1.82, 2.24) is 0 Å². The fourth-order valence-electron chi connectivity index (χ4n) is 1.22. The van der Waals surface area contributed by atoms with Gasteiger partial charge in [-0.1, -0.05) is 23.2 Å². The third-order valence-electron chi connectivity index (χ3n) is 1.82. The normalized spacial score (nSPS) is 12.8.